The van der Waals surface area contributed by atoms with Crippen LogP contribution in [0.3, 0.4) is 0 Å². The van der Waals surface area contributed by atoms with Crippen LogP contribution in [0.1, 0.15) is 24.0 Å². The molecular weight excluding hydrogens is 306 g/mol. The highest BCUT2D eigenvalue weighted by Gasteiger charge is 2.04. The SMILES string of the molecule is C=C(C)c1[nH]cnc1/C=c1\[nH]c(=O)/c(=C/c2ccccn2)[nH]c1=O. The Morgan fingerprint density at radius 2 is 1.79 bits per heavy atom. The number of allylic oxidation sites excluding steroid dienone is 1. The number of nitrogens with one attached hydrogen (secondary N) is 3. The zero-order valence-electron chi connectivity index (χ0n) is 13.0. The molecule has 3 aromatic heterocycles. The number of pyridine rings is 1. The lowest BCUT2D eigenvalue weighted by Crippen LogP contribution is -2.46. The lowest BCUT2D eigenvalue weighted by Gasteiger charge is -1.96. The molecule has 24 heavy (non-hydrogen) atoms. The standard InChI is InChI=1S/C17H15N5O2/c1-10(2)15-12(19-9-20-15)8-14-17(24)21-13(16(23)22-14)7-11-5-3-4-6-18-11/h3-9H,1H2,2H3,(H,19,20)(H,21,24)(H,22,23)/b13-7-,14-8-. The average Bonchev–Trinajstić information content (AvgIpc) is 3.01. The predicted molar refractivity (Wildman–Crippen MR) is 91.6 cm³/mol. The fourth-order valence-electron chi connectivity index (χ4n) is 2.20. The van der Waals surface area contributed by atoms with Crippen molar-refractivity contribution in [2.75, 3.05) is 0 Å². The van der Waals surface area contributed by atoms with Gasteiger partial charge in [0.2, 0.25) is 0 Å². The van der Waals surface area contributed by atoms with Gasteiger partial charge in [0.05, 0.1) is 23.4 Å². The van der Waals surface area contributed by atoms with Crippen LogP contribution >= 0.6 is 0 Å². The van der Waals surface area contributed by atoms with Crippen molar-refractivity contribution in [3.8, 4) is 0 Å². The van der Waals surface area contributed by atoms with E-state index in [0.717, 1.165) is 5.57 Å². The summed E-state index contributed by atoms with van der Waals surface area (Å²) < 4.78 is 0. The molecule has 3 N–H and O–H groups in total. The van der Waals surface area contributed by atoms with E-state index in [2.05, 4.69) is 31.5 Å². The maximum absolute atomic E-state index is 12.2. The zero-order chi connectivity index (χ0) is 17.1. The fraction of sp³-hybridized carbons (Fsp3) is 0.0588. The topological polar surface area (TPSA) is 107 Å². The molecule has 0 radical (unpaired) electrons. The molecule has 120 valence electrons. The summed E-state index contributed by atoms with van der Waals surface area (Å²) in [6, 6.07) is 5.30. The summed E-state index contributed by atoms with van der Waals surface area (Å²) in [6.45, 7) is 5.66. The first-order valence-electron chi connectivity index (χ1n) is 7.21. The van der Waals surface area contributed by atoms with Gasteiger partial charge >= 0.3 is 0 Å². The Balaban J connectivity index is 2.15. The Labute approximate surface area is 136 Å². The summed E-state index contributed by atoms with van der Waals surface area (Å²) in [6.07, 6.45) is 6.13. The van der Waals surface area contributed by atoms with Gasteiger partial charge in [-0.15, -0.1) is 0 Å². The number of rotatable bonds is 3. The van der Waals surface area contributed by atoms with E-state index in [1.54, 1.807) is 24.4 Å². The van der Waals surface area contributed by atoms with Gasteiger partial charge in [0, 0.05) is 6.20 Å². The molecule has 0 saturated heterocycles. The highest BCUT2D eigenvalue weighted by atomic mass is 16.1. The first-order chi connectivity index (χ1) is 11.5. The van der Waals surface area contributed by atoms with Gasteiger partial charge in [0.25, 0.3) is 11.1 Å². The maximum atomic E-state index is 12.2. The predicted octanol–water partition coefficient (Wildman–Crippen LogP) is -0.128. The van der Waals surface area contributed by atoms with Crippen LogP contribution in [0.5, 0.6) is 0 Å². The summed E-state index contributed by atoms with van der Waals surface area (Å²) in [4.78, 5) is 40.7. The Hall–Kier alpha value is -3.48. The molecule has 3 aromatic rings. The number of hydrogen-bond donors (Lipinski definition) is 3. The minimum absolute atomic E-state index is 0.118. The molecular formula is C17H15N5O2. The van der Waals surface area contributed by atoms with Crippen molar-refractivity contribution >= 4 is 17.7 Å². The quantitative estimate of drug-likeness (QED) is 0.624. The van der Waals surface area contributed by atoms with Gasteiger partial charge in [0.15, 0.2) is 0 Å². The van der Waals surface area contributed by atoms with Crippen LogP contribution in [0.4, 0.5) is 0 Å². The molecule has 3 rings (SSSR count). The van der Waals surface area contributed by atoms with Gasteiger partial charge in [-0.05, 0) is 36.8 Å². The Bertz CT molecular complexity index is 1120. The Morgan fingerprint density at radius 1 is 1.08 bits per heavy atom. The van der Waals surface area contributed by atoms with Crippen molar-refractivity contribution in [2.45, 2.75) is 6.92 Å². The van der Waals surface area contributed by atoms with Crippen LogP contribution in [-0.2, 0) is 0 Å². The molecule has 0 aliphatic rings. The molecule has 0 amide bonds. The van der Waals surface area contributed by atoms with E-state index in [0.29, 0.717) is 17.1 Å². The van der Waals surface area contributed by atoms with E-state index in [1.807, 2.05) is 6.92 Å². The summed E-state index contributed by atoms with van der Waals surface area (Å²) >= 11 is 0. The van der Waals surface area contributed by atoms with E-state index in [4.69, 9.17) is 0 Å². The lowest BCUT2D eigenvalue weighted by atomic mass is 10.2. The third-order valence-electron chi connectivity index (χ3n) is 3.34. The van der Waals surface area contributed by atoms with Crippen molar-refractivity contribution in [2.24, 2.45) is 0 Å². The highest BCUT2D eigenvalue weighted by molar-refractivity contribution is 5.66. The smallest absolute Gasteiger partial charge is 0.272 e. The second kappa shape index (κ2) is 6.33. The largest absolute Gasteiger partial charge is 0.344 e. The molecule has 0 saturated carbocycles. The number of aromatic amines is 3. The zero-order valence-corrected chi connectivity index (χ0v) is 13.0. The molecule has 0 bridgehead atoms. The van der Waals surface area contributed by atoms with Crippen molar-refractivity contribution in [1.29, 1.82) is 0 Å². The van der Waals surface area contributed by atoms with E-state index in [-0.39, 0.29) is 10.7 Å². The normalized spacial score (nSPS) is 12.5. The molecule has 3 heterocycles. The van der Waals surface area contributed by atoms with E-state index >= 15 is 0 Å². The molecule has 0 aromatic carbocycles. The van der Waals surface area contributed by atoms with Gasteiger partial charge < -0.3 is 15.0 Å². The molecule has 0 aliphatic carbocycles. The minimum Gasteiger partial charge on any atom is -0.344 e. The third-order valence-corrected chi connectivity index (χ3v) is 3.34. The molecule has 7 heteroatoms. The van der Waals surface area contributed by atoms with Crippen LogP contribution in [0, 0.1) is 0 Å². The van der Waals surface area contributed by atoms with Crippen molar-refractivity contribution < 1.29 is 0 Å². The fourth-order valence-corrected chi connectivity index (χ4v) is 2.20. The average molecular weight is 321 g/mol. The lowest BCUT2D eigenvalue weighted by molar-refractivity contribution is 0.999. The van der Waals surface area contributed by atoms with Crippen molar-refractivity contribution in [1.82, 2.24) is 24.9 Å². The second-order valence-corrected chi connectivity index (χ2v) is 5.22. The first kappa shape index (κ1) is 15.4. The van der Waals surface area contributed by atoms with Crippen molar-refractivity contribution in [3.63, 3.8) is 0 Å². The monoisotopic (exact) mass is 321 g/mol. The van der Waals surface area contributed by atoms with Crippen LogP contribution < -0.4 is 21.8 Å². The van der Waals surface area contributed by atoms with E-state index in [1.165, 1.54) is 18.5 Å². The van der Waals surface area contributed by atoms with E-state index in [9.17, 15) is 9.59 Å². The summed E-state index contributed by atoms with van der Waals surface area (Å²) in [7, 11) is 0. The number of nitrogens with zero attached hydrogens (tertiary/aromatic N) is 2. The molecule has 0 spiro atoms. The van der Waals surface area contributed by atoms with Crippen molar-refractivity contribution in [3.05, 3.63) is 85.8 Å². The molecule has 0 unspecified atom stereocenters. The Kier molecular flexibility index (Phi) is 4.07. The first-order valence-corrected chi connectivity index (χ1v) is 7.21. The van der Waals surface area contributed by atoms with Gasteiger partial charge in [-0.2, -0.15) is 0 Å². The molecule has 0 aliphatic heterocycles. The molecule has 0 atom stereocenters. The number of hydrogen-bond acceptors (Lipinski definition) is 4. The maximum Gasteiger partial charge on any atom is 0.272 e. The van der Waals surface area contributed by atoms with Gasteiger partial charge in [-0.1, -0.05) is 12.6 Å². The third kappa shape index (κ3) is 3.14. The summed E-state index contributed by atoms with van der Waals surface area (Å²) in [5, 5.41) is 0.255. The van der Waals surface area contributed by atoms with Crippen LogP contribution in [0.2, 0.25) is 0 Å². The summed E-state index contributed by atoms with van der Waals surface area (Å²) in [5.41, 5.74) is 1.75. The second-order valence-electron chi connectivity index (χ2n) is 5.22. The number of H-pyrrole nitrogens is 3. The van der Waals surface area contributed by atoms with Gasteiger partial charge in [-0.3, -0.25) is 14.6 Å². The Morgan fingerprint density at radius 3 is 2.42 bits per heavy atom. The van der Waals surface area contributed by atoms with Crippen LogP contribution in [0.25, 0.3) is 17.7 Å². The number of imidazole rings is 1. The molecule has 0 fully saturated rings. The minimum atomic E-state index is -0.424. The summed E-state index contributed by atoms with van der Waals surface area (Å²) in [5.74, 6) is 0. The number of aromatic nitrogens is 5. The van der Waals surface area contributed by atoms with Crippen LogP contribution in [0.15, 0.2) is 46.9 Å². The van der Waals surface area contributed by atoms with E-state index < -0.39 is 11.1 Å². The van der Waals surface area contributed by atoms with Crippen LogP contribution in [-0.4, -0.2) is 24.9 Å². The van der Waals surface area contributed by atoms with Gasteiger partial charge in [-0.25, -0.2) is 4.98 Å². The van der Waals surface area contributed by atoms with Gasteiger partial charge in [0.1, 0.15) is 10.7 Å². The molecule has 7 nitrogen and oxygen atoms in total. The highest BCUT2D eigenvalue weighted by Crippen LogP contribution is 2.12.